The van der Waals surface area contributed by atoms with E-state index in [1.54, 1.807) is 7.11 Å². The second-order valence-corrected chi connectivity index (χ2v) is 6.94. The van der Waals surface area contributed by atoms with Crippen molar-refractivity contribution in [2.24, 2.45) is 4.99 Å². The Balaban J connectivity index is 2.32. The number of aliphatic imine (C=N–C) groups is 1. The van der Waals surface area contributed by atoms with Crippen LogP contribution < -0.4 is 10.6 Å². The Morgan fingerprint density at radius 1 is 1.08 bits per heavy atom. The molecule has 24 heavy (non-hydrogen) atoms. The standard InChI is InChI=1S/C18H38N4O2/c1-5-19-17(20-10-9-13-24-15-14-23-4)21-16-18(2,3)22-11-7-6-8-12-22/h5-16H2,1-4H3,(H2,19,20,21). The molecular weight excluding hydrogens is 304 g/mol. The first kappa shape index (κ1) is 21.2. The predicted octanol–water partition coefficient (Wildman–Crippen LogP) is 1.86. The maximum atomic E-state index is 5.48. The maximum Gasteiger partial charge on any atom is 0.191 e. The molecule has 0 spiro atoms. The van der Waals surface area contributed by atoms with Crippen LogP contribution in [0.3, 0.4) is 0 Å². The SMILES string of the molecule is CCNC(=NCC(C)(C)N1CCCCC1)NCCCOCCOC. The summed E-state index contributed by atoms with van der Waals surface area (Å²) in [5.74, 6) is 0.902. The lowest BCUT2D eigenvalue weighted by Crippen LogP contribution is -2.49. The van der Waals surface area contributed by atoms with Crippen molar-refractivity contribution in [1.29, 1.82) is 0 Å². The first-order valence-electron chi connectivity index (χ1n) is 9.44. The number of hydrogen-bond acceptors (Lipinski definition) is 4. The lowest BCUT2D eigenvalue weighted by Gasteiger charge is -2.40. The van der Waals surface area contributed by atoms with Crippen LogP contribution in [-0.2, 0) is 9.47 Å². The molecule has 1 fully saturated rings. The lowest BCUT2D eigenvalue weighted by atomic mass is 9.99. The fourth-order valence-corrected chi connectivity index (χ4v) is 2.84. The van der Waals surface area contributed by atoms with Gasteiger partial charge in [-0.1, -0.05) is 6.42 Å². The van der Waals surface area contributed by atoms with Gasteiger partial charge in [-0.2, -0.15) is 0 Å². The summed E-state index contributed by atoms with van der Waals surface area (Å²) in [4.78, 5) is 7.38. The van der Waals surface area contributed by atoms with E-state index in [2.05, 4.69) is 36.3 Å². The van der Waals surface area contributed by atoms with E-state index in [0.717, 1.165) is 38.6 Å². The number of likely N-dealkylation sites (tertiary alicyclic amines) is 1. The monoisotopic (exact) mass is 342 g/mol. The van der Waals surface area contributed by atoms with Crippen molar-refractivity contribution in [3.8, 4) is 0 Å². The van der Waals surface area contributed by atoms with Crippen LogP contribution in [0.4, 0.5) is 0 Å². The van der Waals surface area contributed by atoms with Gasteiger partial charge in [0.15, 0.2) is 5.96 Å². The molecule has 1 aliphatic rings. The average molecular weight is 343 g/mol. The van der Waals surface area contributed by atoms with Gasteiger partial charge in [0.05, 0.1) is 19.8 Å². The zero-order chi connectivity index (χ0) is 17.7. The van der Waals surface area contributed by atoms with Crippen molar-refractivity contribution in [3.05, 3.63) is 0 Å². The molecule has 0 amide bonds. The number of guanidine groups is 1. The first-order valence-corrected chi connectivity index (χ1v) is 9.44. The minimum Gasteiger partial charge on any atom is -0.382 e. The van der Waals surface area contributed by atoms with E-state index in [-0.39, 0.29) is 5.54 Å². The smallest absolute Gasteiger partial charge is 0.191 e. The molecular formula is C18H38N4O2. The highest BCUT2D eigenvalue weighted by molar-refractivity contribution is 5.79. The lowest BCUT2D eigenvalue weighted by molar-refractivity contribution is 0.0698. The molecule has 0 radical (unpaired) electrons. The Bertz CT molecular complexity index is 342. The maximum absolute atomic E-state index is 5.48. The van der Waals surface area contributed by atoms with Gasteiger partial charge in [-0.05, 0) is 53.1 Å². The fourth-order valence-electron chi connectivity index (χ4n) is 2.84. The molecule has 1 heterocycles. The molecule has 1 rings (SSSR count). The van der Waals surface area contributed by atoms with Crippen LogP contribution in [0.25, 0.3) is 0 Å². The van der Waals surface area contributed by atoms with Crippen LogP contribution in [0, 0.1) is 0 Å². The van der Waals surface area contributed by atoms with E-state index < -0.39 is 0 Å². The number of ether oxygens (including phenoxy) is 2. The van der Waals surface area contributed by atoms with Crippen LogP contribution in [-0.4, -0.2) is 76.1 Å². The second-order valence-electron chi connectivity index (χ2n) is 6.94. The number of piperidine rings is 1. The van der Waals surface area contributed by atoms with Gasteiger partial charge in [0.1, 0.15) is 0 Å². The molecule has 0 aromatic rings. The van der Waals surface area contributed by atoms with Gasteiger partial charge in [0, 0.05) is 32.3 Å². The molecule has 0 unspecified atom stereocenters. The van der Waals surface area contributed by atoms with E-state index >= 15 is 0 Å². The second kappa shape index (κ2) is 12.5. The molecule has 0 atom stereocenters. The van der Waals surface area contributed by atoms with Crippen LogP contribution in [0.5, 0.6) is 0 Å². The normalized spacial score (nSPS) is 17.1. The molecule has 0 aliphatic carbocycles. The summed E-state index contributed by atoms with van der Waals surface area (Å²) in [6, 6.07) is 0. The summed E-state index contributed by atoms with van der Waals surface area (Å²) in [5, 5.41) is 6.73. The highest BCUT2D eigenvalue weighted by Crippen LogP contribution is 2.20. The first-order chi connectivity index (χ1) is 11.6. The van der Waals surface area contributed by atoms with Crippen LogP contribution in [0.1, 0.15) is 46.5 Å². The molecule has 2 N–H and O–H groups in total. The summed E-state index contributed by atoms with van der Waals surface area (Å²) in [5.41, 5.74) is 0.117. The Morgan fingerprint density at radius 2 is 1.83 bits per heavy atom. The van der Waals surface area contributed by atoms with E-state index in [9.17, 15) is 0 Å². The molecule has 6 nitrogen and oxygen atoms in total. The summed E-state index contributed by atoms with van der Waals surface area (Å²) in [6.45, 7) is 13.7. The van der Waals surface area contributed by atoms with Gasteiger partial charge in [-0.25, -0.2) is 0 Å². The molecule has 0 saturated carbocycles. The minimum absolute atomic E-state index is 0.117. The molecule has 6 heteroatoms. The number of hydrogen-bond donors (Lipinski definition) is 2. The van der Waals surface area contributed by atoms with Crippen molar-refractivity contribution < 1.29 is 9.47 Å². The summed E-state index contributed by atoms with van der Waals surface area (Å²) < 4.78 is 10.4. The van der Waals surface area contributed by atoms with Crippen LogP contribution in [0.2, 0.25) is 0 Å². The van der Waals surface area contributed by atoms with Crippen LogP contribution in [0.15, 0.2) is 4.99 Å². The molecule has 0 aromatic carbocycles. The number of methoxy groups -OCH3 is 1. The number of nitrogens with one attached hydrogen (secondary N) is 2. The summed E-state index contributed by atoms with van der Waals surface area (Å²) in [7, 11) is 1.69. The third-order valence-electron chi connectivity index (χ3n) is 4.37. The highest BCUT2D eigenvalue weighted by Gasteiger charge is 2.27. The minimum atomic E-state index is 0.117. The van der Waals surface area contributed by atoms with Crippen molar-refractivity contribution in [2.45, 2.75) is 52.0 Å². The third kappa shape index (κ3) is 8.85. The van der Waals surface area contributed by atoms with Crippen LogP contribution >= 0.6 is 0 Å². The molecule has 0 bridgehead atoms. The number of nitrogens with zero attached hydrogens (tertiary/aromatic N) is 2. The summed E-state index contributed by atoms with van der Waals surface area (Å²) >= 11 is 0. The van der Waals surface area contributed by atoms with Crippen molar-refractivity contribution in [1.82, 2.24) is 15.5 Å². The van der Waals surface area contributed by atoms with Gasteiger partial charge < -0.3 is 20.1 Å². The topological polar surface area (TPSA) is 58.1 Å². The molecule has 0 aromatic heterocycles. The zero-order valence-corrected chi connectivity index (χ0v) is 16.2. The van der Waals surface area contributed by atoms with Gasteiger partial charge >= 0.3 is 0 Å². The van der Waals surface area contributed by atoms with Crippen molar-refractivity contribution in [2.75, 3.05) is 59.7 Å². The third-order valence-corrected chi connectivity index (χ3v) is 4.37. The molecule has 1 aliphatic heterocycles. The Kier molecular flexibility index (Phi) is 11.0. The van der Waals surface area contributed by atoms with E-state index in [1.165, 1.54) is 32.4 Å². The van der Waals surface area contributed by atoms with Crippen molar-refractivity contribution >= 4 is 5.96 Å². The zero-order valence-electron chi connectivity index (χ0n) is 16.2. The highest BCUT2D eigenvalue weighted by atomic mass is 16.5. The quantitative estimate of drug-likeness (QED) is 0.341. The van der Waals surface area contributed by atoms with E-state index in [4.69, 9.17) is 14.5 Å². The average Bonchev–Trinajstić information content (AvgIpc) is 2.59. The number of rotatable bonds is 11. The van der Waals surface area contributed by atoms with Gasteiger partial charge in [-0.15, -0.1) is 0 Å². The largest absolute Gasteiger partial charge is 0.382 e. The fraction of sp³-hybridized carbons (Fsp3) is 0.944. The Labute approximate surface area is 148 Å². The molecule has 142 valence electrons. The Morgan fingerprint density at radius 3 is 2.50 bits per heavy atom. The molecule has 1 saturated heterocycles. The predicted molar refractivity (Wildman–Crippen MR) is 101 cm³/mol. The van der Waals surface area contributed by atoms with Crippen molar-refractivity contribution in [3.63, 3.8) is 0 Å². The van der Waals surface area contributed by atoms with E-state index in [1.807, 2.05) is 0 Å². The summed E-state index contributed by atoms with van der Waals surface area (Å²) in [6.07, 6.45) is 4.96. The van der Waals surface area contributed by atoms with Gasteiger partial charge in [-0.3, -0.25) is 9.89 Å². The van der Waals surface area contributed by atoms with Gasteiger partial charge in [0.2, 0.25) is 0 Å². The Hall–Kier alpha value is -0.850. The van der Waals surface area contributed by atoms with E-state index in [0.29, 0.717) is 13.2 Å². The van der Waals surface area contributed by atoms with Gasteiger partial charge in [0.25, 0.3) is 0 Å².